The third-order valence-electron chi connectivity index (χ3n) is 7.49. The van der Waals surface area contributed by atoms with Gasteiger partial charge in [0.1, 0.15) is 6.79 Å². The van der Waals surface area contributed by atoms with Crippen LogP contribution in [0, 0.1) is 47.3 Å². The highest BCUT2D eigenvalue weighted by Crippen LogP contribution is 2.54. The van der Waals surface area contributed by atoms with Gasteiger partial charge in [0.25, 0.3) is 0 Å². The van der Waals surface area contributed by atoms with Gasteiger partial charge in [-0.3, -0.25) is 0 Å². The third-order valence-corrected chi connectivity index (χ3v) is 7.49. The molecule has 0 radical (unpaired) electrons. The molecule has 0 aliphatic heterocycles. The highest BCUT2D eigenvalue weighted by atomic mass is 16.7. The van der Waals surface area contributed by atoms with Crippen LogP contribution < -0.4 is 0 Å². The van der Waals surface area contributed by atoms with E-state index in [-0.39, 0.29) is 12.2 Å². The van der Waals surface area contributed by atoms with E-state index >= 15 is 0 Å². The molecule has 0 aromatic rings. The highest BCUT2D eigenvalue weighted by Gasteiger charge is 2.50. The van der Waals surface area contributed by atoms with Crippen molar-refractivity contribution in [3.8, 4) is 0 Å². The first-order valence-electron chi connectivity index (χ1n) is 9.35. The predicted molar refractivity (Wildman–Crippen MR) is 88.3 cm³/mol. The number of allylic oxidation sites excluding steroid dienone is 6. The van der Waals surface area contributed by atoms with E-state index in [1.165, 1.54) is 12.8 Å². The molecule has 2 fully saturated rings. The summed E-state index contributed by atoms with van der Waals surface area (Å²) in [5.41, 5.74) is 0. The molecule has 6 aliphatic rings. The summed E-state index contributed by atoms with van der Waals surface area (Å²) in [4.78, 5) is 0. The maximum atomic E-state index is 6.17. The van der Waals surface area contributed by atoms with Crippen molar-refractivity contribution in [2.75, 3.05) is 6.79 Å². The zero-order valence-electron chi connectivity index (χ0n) is 13.3. The average Bonchev–Trinajstić information content (AvgIpc) is 3.35. The van der Waals surface area contributed by atoms with Crippen LogP contribution in [0.15, 0.2) is 48.6 Å². The molecule has 0 N–H and O–H groups in total. The molecule has 0 aromatic carbocycles. The van der Waals surface area contributed by atoms with E-state index in [4.69, 9.17) is 9.47 Å². The number of fused-ring (bicyclic) bond motifs is 10. The summed E-state index contributed by atoms with van der Waals surface area (Å²) in [7, 11) is 0. The zero-order valence-corrected chi connectivity index (χ0v) is 13.3. The minimum Gasteiger partial charge on any atom is -0.348 e. The Hall–Kier alpha value is -1.12. The van der Waals surface area contributed by atoms with E-state index in [2.05, 4.69) is 48.6 Å². The molecule has 4 bridgehead atoms. The Morgan fingerprint density at radius 2 is 1.04 bits per heavy atom. The Morgan fingerprint density at radius 3 is 1.57 bits per heavy atom. The topological polar surface area (TPSA) is 18.5 Å². The smallest absolute Gasteiger partial charge is 0.148 e. The van der Waals surface area contributed by atoms with Gasteiger partial charge in [-0.2, -0.15) is 0 Å². The van der Waals surface area contributed by atoms with Gasteiger partial charge in [0, 0.05) is 11.8 Å². The van der Waals surface area contributed by atoms with Crippen LogP contribution in [0.25, 0.3) is 0 Å². The summed E-state index contributed by atoms with van der Waals surface area (Å²) < 4.78 is 12.3. The summed E-state index contributed by atoms with van der Waals surface area (Å²) in [6.07, 6.45) is 22.3. The Labute approximate surface area is 137 Å². The van der Waals surface area contributed by atoms with Crippen LogP contribution in [0.5, 0.6) is 0 Å². The molecular weight excluding hydrogens is 284 g/mol. The summed E-state index contributed by atoms with van der Waals surface area (Å²) >= 11 is 0. The molecule has 0 amide bonds. The second-order valence-electron chi connectivity index (χ2n) is 8.36. The fourth-order valence-corrected chi connectivity index (χ4v) is 6.53. The maximum Gasteiger partial charge on any atom is 0.148 e. The van der Waals surface area contributed by atoms with Crippen LogP contribution >= 0.6 is 0 Å². The lowest BCUT2D eigenvalue weighted by atomic mass is 9.84. The normalized spacial score (nSPS) is 56.2. The van der Waals surface area contributed by atoms with Gasteiger partial charge in [0.2, 0.25) is 0 Å². The molecule has 10 atom stereocenters. The molecule has 2 nitrogen and oxygen atoms in total. The van der Waals surface area contributed by atoms with Gasteiger partial charge in [-0.25, -0.2) is 0 Å². The van der Waals surface area contributed by atoms with Crippen LogP contribution in [0.3, 0.4) is 0 Å². The van der Waals surface area contributed by atoms with E-state index in [1.807, 2.05) is 0 Å². The lowest BCUT2D eigenvalue weighted by molar-refractivity contribution is -0.122. The predicted octanol–water partition coefficient (Wildman–Crippen LogP) is 3.73. The van der Waals surface area contributed by atoms with Crippen molar-refractivity contribution in [2.24, 2.45) is 47.3 Å². The molecule has 6 rings (SSSR count). The lowest BCUT2D eigenvalue weighted by Crippen LogP contribution is -2.30. The largest absolute Gasteiger partial charge is 0.348 e. The Morgan fingerprint density at radius 1 is 0.565 bits per heavy atom. The van der Waals surface area contributed by atoms with E-state index in [0.717, 1.165) is 35.5 Å². The van der Waals surface area contributed by atoms with Crippen LogP contribution in [0.2, 0.25) is 0 Å². The van der Waals surface area contributed by atoms with Crippen LogP contribution in [0.1, 0.15) is 12.8 Å². The molecule has 23 heavy (non-hydrogen) atoms. The molecule has 0 saturated heterocycles. The van der Waals surface area contributed by atoms with Crippen LogP contribution in [-0.2, 0) is 9.47 Å². The maximum absolute atomic E-state index is 6.17. The molecule has 0 spiro atoms. The second kappa shape index (κ2) is 4.70. The van der Waals surface area contributed by atoms with Crippen molar-refractivity contribution < 1.29 is 9.47 Å². The minimum atomic E-state index is 0.265. The molecule has 2 heteroatoms. The standard InChI is InChI=1S/C21H24O2/c1-3-14-9-12(1)16-5-7-18(20(14)16)22-11-23-19-8-6-17-13-2-4-15(10-13)21(17)19/h1-8,12-21H,9-11H2. The molecule has 0 aromatic heterocycles. The SMILES string of the molecule is C1=CC2CC1C1C=CC(OCOC3C=CC4C5C=CC(C5)C34)C21. The van der Waals surface area contributed by atoms with Gasteiger partial charge in [-0.15, -0.1) is 0 Å². The summed E-state index contributed by atoms with van der Waals surface area (Å²) in [5.74, 6) is 5.80. The Balaban J connectivity index is 1.08. The second-order valence-corrected chi connectivity index (χ2v) is 8.36. The minimum absolute atomic E-state index is 0.265. The first kappa shape index (κ1) is 13.2. The van der Waals surface area contributed by atoms with Crippen molar-refractivity contribution in [3.05, 3.63) is 48.6 Å². The first-order valence-corrected chi connectivity index (χ1v) is 9.35. The highest BCUT2D eigenvalue weighted by molar-refractivity contribution is 5.26. The van der Waals surface area contributed by atoms with E-state index in [0.29, 0.717) is 18.6 Å². The molecule has 6 aliphatic carbocycles. The van der Waals surface area contributed by atoms with Crippen molar-refractivity contribution in [2.45, 2.75) is 25.0 Å². The first-order chi connectivity index (χ1) is 11.4. The molecular formula is C21H24O2. The van der Waals surface area contributed by atoms with E-state index in [1.54, 1.807) is 0 Å². The number of hydrogen-bond donors (Lipinski definition) is 0. The summed E-state index contributed by atoms with van der Waals surface area (Å²) in [6, 6.07) is 0. The van der Waals surface area contributed by atoms with Crippen molar-refractivity contribution in [1.29, 1.82) is 0 Å². The zero-order chi connectivity index (χ0) is 15.0. The van der Waals surface area contributed by atoms with Gasteiger partial charge in [-0.05, 0) is 48.3 Å². The molecule has 10 unspecified atom stereocenters. The number of ether oxygens (including phenoxy) is 2. The Kier molecular flexibility index (Phi) is 2.70. The summed E-state index contributed by atoms with van der Waals surface area (Å²) in [6.45, 7) is 0.443. The molecule has 120 valence electrons. The fourth-order valence-electron chi connectivity index (χ4n) is 6.53. The monoisotopic (exact) mass is 308 g/mol. The lowest BCUT2D eigenvalue weighted by Gasteiger charge is -2.28. The van der Waals surface area contributed by atoms with Crippen molar-refractivity contribution in [3.63, 3.8) is 0 Å². The van der Waals surface area contributed by atoms with Gasteiger partial charge in [0.15, 0.2) is 0 Å². The van der Waals surface area contributed by atoms with Crippen LogP contribution in [0.4, 0.5) is 0 Å². The van der Waals surface area contributed by atoms with Crippen molar-refractivity contribution >= 4 is 0 Å². The van der Waals surface area contributed by atoms with Gasteiger partial charge >= 0.3 is 0 Å². The number of hydrogen-bond acceptors (Lipinski definition) is 2. The quantitative estimate of drug-likeness (QED) is 0.582. The van der Waals surface area contributed by atoms with Gasteiger partial charge < -0.3 is 9.47 Å². The third kappa shape index (κ3) is 1.77. The fraction of sp³-hybridized carbons (Fsp3) is 0.619. The van der Waals surface area contributed by atoms with Gasteiger partial charge in [-0.1, -0.05) is 48.6 Å². The van der Waals surface area contributed by atoms with E-state index in [9.17, 15) is 0 Å². The summed E-state index contributed by atoms with van der Waals surface area (Å²) in [5, 5.41) is 0. The number of rotatable bonds is 4. The Bertz CT molecular complexity index is 576. The average molecular weight is 308 g/mol. The van der Waals surface area contributed by atoms with E-state index < -0.39 is 0 Å². The van der Waals surface area contributed by atoms with Crippen LogP contribution in [-0.4, -0.2) is 19.0 Å². The molecule has 2 saturated carbocycles. The van der Waals surface area contributed by atoms with Crippen molar-refractivity contribution in [1.82, 2.24) is 0 Å². The molecule has 0 heterocycles. The van der Waals surface area contributed by atoms with Gasteiger partial charge in [0.05, 0.1) is 12.2 Å².